The SMILES string of the molecule is CCC(C)(C)n1nnnc1[C@H](c1cc2cc(C)ccc2[nH]c1=O)N1CCCC1. The minimum Gasteiger partial charge on any atom is -0.322 e. The molecule has 7 heteroatoms. The van der Waals surface area contributed by atoms with Crippen LogP contribution in [0.5, 0.6) is 0 Å². The first kappa shape index (κ1) is 18.8. The molecule has 1 aromatic carbocycles. The number of tetrazole rings is 1. The highest BCUT2D eigenvalue weighted by Gasteiger charge is 2.35. The largest absolute Gasteiger partial charge is 0.322 e. The fourth-order valence-corrected chi connectivity index (χ4v) is 3.99. The molecular formula is C21H28N6O. The Bertz CT molecular complexity index is 1040. The van der Waals surface area contributed by atoms with Crippen molar-refractivity contribution >= 4 is 10.9 Å². The van der Waals surface area contributed by atoms with Crippen molar-refractivity contribution in [1.82, 2.24) is 30.1 Å². The van der Waals surface area contributed by atoms with Crippen LogP contribution in [0.4, 0.5) is 0 Å². The van der Waals surface area contributed by atoms with Crippen LogP contribution in [-0.2, 0) is 5.54 Å². The maximum atomic E-state index is 13.1. The van der Waals surface area contributed by atoms with E-state index in [2.05, 4.69) is 59.2 Å². The molecule has 4 rings (SSSR count). The van der Waals surface area contributed by atoms with Gasteiger partial charge in [0.15, 0.2) is 5.82 Å². The van der Waals surface area contributed by atoms with Crippen LogP contribution in [0, 0.1) is 6.92 Å². The van der Waals surface area contributed by atoms with Gasteiger partial charge < -0.3 is 4.98 Å². The summed E-state index contributed by atoms with van der Waals surface area (Å²) in [6, 6.07) is 7.85. The smallest absolute Gasteiger partial charge is 0.253 e. The first-order chi connectivity index (χ1) is 13.4. The Morgan fingerprint density at radius 1 is 1.21 bits per heavy atom. The summed E-state index contributed by atoms with van der Waals surface area (Å²) in [5.74, 6) is 0.742. The van der Waals surface area contributed by atoms with Crippen molar-refractivity contribution in [3.8, 4) is 0 Å². The third-order valence-corrected chi connectivity index (χ3v) is 6.01. The molecule has 1 saturated heterocycles. The van der Waals surface area contributed by atoms with Gasteiger partial charge in [-0.3, -0.25) is 9.69 Å². The summed E-state index contributed by atoms with van der Waals surface area (Å²) in [6.45, 7) is 10.3. The van der Waals surface area contributed by atoms with Crippen molar-refractivity contribution in [3.63, 3.8) is 0 Å². The van der Waals surface area contributed by atoms with E-state index in [9.17, 15) is 4.79 Å². The Morgan fingerprint density at radius 3 is 2.68 bits per heavy atom. The van der Waals surface area contributed by atoms with Gasteiger partial charge in [-0.25, -0.2) is 4.68 Å². The van der Waals surface area contributed by atoms with Gasteiger partial charge >= 0.3 is 0 Å². The Hall–Kier alpha value is -2.54. The van der Waals surface area contributed by atoms with Gasteiger partial charge in [0.2, 0.25) is 0 Å². The molecule has 0 bridgehead atoms. The molecule has 2 aromatic heterocycles. The van der Waals surface area contributed by atoms with Gasteiger partial charge in [-0.1, -0.05) is 18.6 Å². The standard InChI is InChI=1S/C21H28N6O/c1-5-21(3,4)27-19(23-24-25-27)18(26-10-6-7-11-26)16-13-15-12-14(2)8-9-17(15)22-20(16)28/h8-9,12-13,18H,5-7,10-11H2,1-4H3,(H,22,28)/t18-/m0/s1. The fourth-order valence-electron chi connectivity index (χ4n) is 3.99. The van der Waals surface area contributed by atoms with Crippen molar-refractivity contribution in [2.75, 3.05) is 13.1 Å². The van der Waals surface area contributed by atoms with Gasteiger partial charge in [0.25, 0.3) is 5.56 Å². The zero-order chi connectivity index (χ0) is 19.9. The molecule has 1 aliphatic heterocycles. The van der Waals surface area contributed by atoms with E-state index in [-0.39, 0.29) is 17.1 Å². The monoisotopic (exact) mass is 380 g/mol. The molecule has 0 spiro atoms. The van der Waals surface area contributed by atoms with Gasteiger partial charge in [0, 0.05) is 11.1 Å². The maximum Gasteiger partial charge on any atom is 0.253 e. The first-order valence-corrected chi connectivity index (χ1v) is 10.1. The van der Waals surface area contributed by atoms with E-state index in [0.717, 1.165) is 49.1 Å². The number of nitrogens with one attached hydrogen (secondary N) is 1. The van der Waals surface area contributed by atoms with Gasteiger partial charge in [-0.15, -0.1) is 5.10 Å². The van der Waals surface area contributed by atoms with E-state index in [1.54, 1.807) is 0 Å². The van der Waals surface area contributed by atoms with Crippen molar-refractivity contribution in [2.45, 2.75) is 58.5 Å². The molecule has 28 heavy (non-hydrogen) atoms. The van der Waals surface area contributed by atoms with E-state index in [0.29, 0.717) is 5.56 Å². The van der Waals surface area contributed by atoms with Crippen LogP contribution in [0.25, 0.3) is 10.9 Å². The molecule has 148 valence electrons. The highest BCUT2D eigenvalue weighted by Crippen LogP contribution is 2.32. The highest BCUT2D eigenvalue weighted by molar-refractivity contribution is 5.79. The Kier molecular flexibility index (Phi) is 4.79. The number of hydrogen-bond acceptors (Lipinski definition) is 5. The molecule has 3 heterocycles. The molecule has 0 unspecified atom stereocenters. The molecule has 0 radical (unpaired) electrons. The van der Waals surface area contributed by atoms with Crippen molar-refractivity contribution in [2.24, 2.45) is 0 Å². The number of nitrogens with zero attached hydrogens (tertiary/aromatic N) is 5. The van der Waals surface area contributed by atoms with Crippen LogP contribution in [0.3, 0.4) is 0 Å². The second-order valence-electron chi connectivity index (χ2n) is 8.40. The van der Waals surface area contributed by atoms with Crippen LogP contribution in [0.15, 0.2) is 29.1 Å². The molecule has 0 saturated carbocycles. The lowest BCUT2D eigenvalue weighted by molar-refractivity contribution is 0.230. The summed E-state index contributed by atoms with van der Waals surface area (Å²) in [6.07, 6.45) is 3.14. The van der Waals surface area contributed by atoms with Gasteiger partial charge in [-0.2, -0.15) is 0 Å². The third kappa shape index (κ3) is 3.24. The van der Waals surface area contributed by atoms with Crippen LogP contribution in [-0.4, -0.2) is 43.2 Å². The Morgan fingerprint density at radius 2 is 1.96 bits per heavy atom. The molecule has 1 fully saturated rings. The summed E-state index contributed by atoms with van der Waals surface area (Å²) < 4.78 is 1.90. The van der Waals surface area contributed by atoms with E-state index in [4.69, 9.17) is 0 Å². The fraction of sp³-hybridized carbons (Fsp3) is 0.524. The summed E-state index contributed by atoms with van der Waals surface area (Å²) >= 11 is 0. The molecule has 0 amide bonds. The van der Waals surface area contributed by atoms with Gasteiger partial charge in [0.1, 0.15) is 6.04 Å². The van der Waals surface area contributed by atoms with E-state index < -0.39 is 0 Å². The number of aromatic nitrogens is 5. The average Bonchev–Trinajstić information content (AvgIpc) is 3.35. The quantitative estimate of drug-likeness (QED) is 0.735. The minimum atomic E-state index is -0.253. The minimum absolute atomic E-state index is 0.0721. The maximum absolute atomic E-state index is 13.1. The van der Waals surface area contributed by atoms with E-state index in [1.807, 2.05) is 22.9 Å². The van der Waals surface area contributed by atoms with E-state index in [1.165, 1.54) is 5.56 Å². The number of hydrogen-bond donors (Lipinski definition) is 1. The number of aromatic amines is 1. The Labute approximate surface area is 164 Å². The van der Waals surface area contributed by atoms with Crippen molar-refractivity contribution < 1.29 is 0 Å². The summed E-state index contributed by atoms with van der Waals surface area (Å²) in [5, 5.41) is 13.7. The van der Waals surface area contributed by atoms with Crippen LogP contribution in [0.1, 0.15) is 63.0 Å². The first-order valence-electron chi connectivity index (χ1n) is 10.1. The lowest BCUT2D eigenvalue weighted by Crippen LogP contribution is -2.37. The average molecular weight is 380 g/mol. The lowest BCUT2D eigenvalue weighted by Gasteiger charge is -2.30. The number of likely N-dealkylation sites (tertiary alicyclic amines) is 1. The summed E-state index contributed by atoms with van der Waals surface area (Å²) in [4.78, 5) is 18.5. The second-order valence-corrected chi connectivity index (χ2v) is 8.40. The number of aryl methyl sites for hydroxylation is 1. The van der Waals surface area contributed by atoms with E-state index >= 15 is 0 Å². The van der Waals surface area contributed by atoms with Crippen molar-refractivity contribution in [3.05, 3.63) is 51.6 Å². The Balaban J connectivity index is 1.92. The molecule has 1 atom stereocenters. The molecule has 1 N–H and O–H groups in total. The summed E-state index contributed by atoms with van der Waals surface area (Å²) in [5.41, 5.74) is 2.44. The zero-order valence-corrected chi connectivity index (χ0v) is 17.1. The van der Waals surface area contributed by atoms with Crippen LogP contribution in [0.2, 0.25) is 0 Å². The second kappa shape index (κ2) is 7.13. The van der Waals surface area contributed by atoms with Crippen molar-refractivity contribution in [1.29, 1.82) is 0 Å². The number of H-pyrrole nitrogens is 1. The molecule has 1 aliphatic rings. The number of pyridine rings is 1. The van der Waals surface area contributed by atoms with Gasteiger partial charge in [0.05, 0.1) is 5.54 Å². The van der Waals surface area contributed by atoms with Gasteiger partial charge in [-0.05, 0) is 87.1 Å². The predicted molar refractivity (Wildman–Crippen MR) is 109 cm³/mol. The molecule has 7 nitrogen and oxygen atoms in total. The zero-order valence-electron chi connectivity index (χ0n) is 17.1. The third-order valence-electron chi connectivity index (χ3n) is 6.01. The number of fused-ring (bicyclic) bond motifs is 1. The molecule has 3 aromatic rings. The number of rotatable bonds is 5. The lowest BCUT2D eigenvalue weighted by atomic mass is 9.99. The molecular weight excluding hydrogens is 352 g/mol. The molecule has 0 aliphatic carbocycles. The normalized spacial score (nSPS) is 16.7. The van der Waals surface area contributed by atoms with Crippen LogP contribution < -0.4 is 5.56 Å². The predicted octanol–water partition coefficient (Wildman–Crippen LogP) is 3.15. The topological polar surface area (TPSA) is 79.7 Å². The highest BCUT2D eigenvalue weighted by atomic mass is 16.1. The van der Waals surface area contributed by atoms with Crippen LogP contribution >= 0.6 is 0 Å². The number of benzene rings is 1. The summed E-state index contributed by atoms with van der Waals surface area (Å²) in [7, 11) is 0.